The minimum Gasteiger partial charge on any atom is -0.477 e. The van der Waals surface area contributed by atoms with Crippen LogP contribution in [-0.2, 0) is 9.53 Å². The van der Waals surface area contributed by atoms with Gasteiger partial charge in [0.25, 0.3) is 0 Å². The van der Waals surface area contributed by atoms with Crippen molar-refractivity contribution in [2.45, 2.75) is 13.8 Å². The second-order valence-electron chi connectivity index (χ2n) is 3.77. The molecule has 0 unspecified atom stereocenters. The Kier molecular flexibility index (Phi) is 4.93. The molecule has 0 aliphatic rings. The van der Waals surface area contributed by atoms with Gasteiger partial charge >= 0.3 is 5.97 Å². The maximum Gasteiger partial charge on any atom is 0.341 e. The Bertz CT molecular complexity index is 510. The van der Waals surface area contributed by atoms with Gasteiger partial charge in [0, 0.05) is 6.92 Å². The predicted molar refractivity (Wildman–Crippen MR) is 69.1 cm³/mol. The maximum absolute atomic E-state index is 11.2. The second-order valence-corrected chi connectivity index (χ2v) is 3.77. The van der Waals surface area contributed by atoms with Gasteiger partial charge in [-0.15, -0.1) is 0 Å². The van der Waals surface area contributed by atoms with Gasteiger partial charge in [-0.05, 0) is 19.1 Å². The van der Waals surface area contributed by atoms with Gasteiger partial charge in [-0.2, -0.15) is 0 Å². The third-order valence-corrected chi connectivity index (χ3v) is 2.07. The SMILES string of the molecule is C=C(C)OCOc1cccc(NC(C)=O)c1C(=O)O. The van der Waals surface area contributed by atoms with E-state index in [0.29, 0.717) is 5.76 Å². The third-order valence-electron chi connectivity index (χ3n) is 2.07. The number of anilines is 1. The summed E-state index contributed by atoms with van der Waals surface area (Å²) in [6, 6.07) is 4.54. The van der Waals surface area contributed by atoms with Gasteiger partial charge in [0.05, 0.1) is 11.4 Å². The molecule has 0 aliphatic carbocycles. The monoisotopic (exact) mass is 265 g/mol. The summed E-state index contributed by atoms with van der Waals surface area (Å²) in [6.07, 6.45) is 0. The van der Waals surface area contributed by atoms with Gasteiger partial charge in [0.2, 0.25) is 12.7 Å². The van der Waals surface area contributed by atoms with Gasteiger partial charge in [-0.25, -0.2) is 4.79 Å². The predicted octanol–water partition coefficient (Wildman–Crippen LogP) is 2.23. The van der Waals surface area contributed by atoms with E-state index in [-0.39, 0.29) is 29.7 Å². The molecule has 0 aliphatic heterocycles. The number of carbonyl (C=O) groups is 2. The normalized spacial score (nSPS) is 9.58. The molecule has 6 nitrogen and oxygen atoms in total. The lowest BCUT2D eigenvalue weighted by Gasteiger charge is -2.13. The van der Waals surface area contributed by atoms with E-state index in [1.165, 1.54) is 19.1 Å². The van der Waals surface area contributed by atoms with Crippen LogP contribution in [0.15, 0.2) is 30.5 Å². The number of carboxylic acid groups (broad SMARTS) is 1. The van der Waals surface area contributed by atoms with Gasteiger partial charge in [0.1, 0.15) is 11.3 Å². The van der Waals surface area contributed by atoms with E-state index in [0.717, 1.165) is 0 Å². The number of carbonyl (C=O) groups excluding carboxylic acids is 1. The zero-order valence-electron chi connectivity index (χ0n) is 10.7. The second kappa shape index (κ2) is 6.44. The Balaban J connectivity index is 2.99. The molecule has 0 atom stereocenters. The first-order valence-corrected chi connectivity index (χ1v) is 5.47. The Morgan fingerprint density at radius 3 is 2.58 bits per heavy atom. The molecule has 1 amide bonds. The molecule has 0 spiro atoms. The number of ether oxygens (including phenoxy) is 2. The molecule has 0 bridgehead atoms. The van der Waals surface area contributed by atoms with E-state index in [9.17, 15) is 14.7 Å². The highest BCUT2D eigenvalue weighted by Crippen LogP contribution is 2.26. The number of carboxylic acids is 1. The highest BCUT2D eigenvalue weighted by atomic mass is 16.7. The molecular weight excluding hydrogens is 250 g/mol. The third kappa shape index (κ3) is 4.34. The van der Waals surface area contributed by atoms with Crippen molar-refractivity contribution in [2.24, 2.45) is 0 Å². The fraction of sp³-hybridized carbons (Fsp3) is 0.231. The van der Waals surface area contributed by atoms with Crippen LogP contribution in [0.4, 0.5) is 5.69 Å². The summed E-state index contributed by atoms with van der Waals surface area (Å²) in [5.74, 6) is -0.998. The van der Waals surface area contributed by atoms with Crippen LogP contribution >= 0.6 is 0 Å². The summed E-state index contributed by atoms with van der Waals surface area (Å²) in [5, 5.41) is 11.6. The minimum atomic E-state index is -1.20. The smallest absolute Gasteiger partial charge is 0.341 e. The number of rotatable bonds is 6. The summed E-state index contributed by atoms with van der Waals surface area (Å²) in [7, 11) is 0. The Morgan fingerprint density at radius 2 is 2.05 bits per heavy atom. The molecule has 2 N–H and O–H groups in total. The van der Waals surface area contributed by atoms with Crippen LogP contribution in [-0.4, -0.2) is 23.8 Å². The molecule has 0 saturated heterocycles. The molecule has 1 aromatic carbocycles. The summed E-state index contributed by atoms with van der Waals surface area (Å²) < 4.78 is 10.2. The summed E-state index contributed by atoms with van der Waals surface area (Å²) >= 11 is 0. The Morgan fingerprint density at radius 1 is 1.37 bits per heavy atom. The zero-order chi connectivity index (χ0) is 14.4. The Hall–Kier alpha value is -2.50. The lowest BCUT2D eigenvalue weighted by molar-refractivity contribution is -0.114. The highest BCUT2D eigenvalue weighted by Gasteiger charge is 2.17. The number of nitrogens with one attached hydrogen (secondary N) is 1. The quantitative estimate of drug-likeness (QED) is 0.608. The van der Waals surface area contributed by atoms with Gasteiger partial charge < -0.3 is 19.9 Å². The van der Waals surface area contributed by atoms with E-state index in [4.69, 9.17) is 9.47 Å². The van der Waals surface area contributed by atoms with Crippen molar-refractivity contribution in [2.75, 3.05) is 12.1 Å². The molecule has 6 heteroatoms. The fourth-order valence-electron chi connectivity index (χ4n) is 1.36. The molecule has 0 fully saturated rings. The van der Waals surface area contributed by atoms with Crippen molar-refractivity contribution < 1.29 is 24.2 Å². The lowest BCUT2D eigenvalue weighted by Crippen LogP contribution is -2.13. The molecule has 0 saturated carbocycles. The van der Waals surface area contributed by atoms with Crippen LogP contribution in [0.2, 0.25) is 0 Å². The Labute approximate surface area is 110 Å². The van der Waals surface area contributed by atoms with Gasteiger partial charge in [-0.3, -0.25) is 4.79 Å². The van der Waals surface area contributed by atoms with Crippen molar-refractivity contribution in [3.8, 4) is 5.75 Å². The van der Waals surface area contributed by atoms with Gasteiger partial charge in [-0.1, -0.05) is 12.6 Å². The lowest BCUT2D eigenvalue weighted by atomic mass is 10.1. The molecule has 0 aromatic heterocycles. The van der Waals surface area contributed by atoms with Crippen molar-refractivity contribution in [1.82, 2.24) is 0 Å². The van der Waals surface area contributed by atoms with Crippen molar-refractivity contribution in [1.29, 1.82) is 0 Å². The van der Waals surface area contributed by atoms with E-state index in [1.807, 2.05) is 0 Å². The number of allylic oxidation sites excluding steroid dienone is 1. The average molecular weight is 265 g/mol. The zero-order valence-corrected chi connectivity index (χ0v) is 10.7. The van der Waals surface area contributed by atoms with Crippen LogP contribution in [0.25, 0.3) is 0 Å². The average Bonchev–Trinajstić information content (AvgIpc) is 2.27. The standard InChI is InChI=1S/C13H15NO5/c1-8(2)18-7-19-11-6-4-5-10(14-9(3)15)12(11)13(16)17/h4-6H,1,7H2,2-3H3,(H,14,15)(H,16,17). The first-order valence-electron chi connectivity index (χ1n) is 5.47. The van der Waals surface area contributed by atoms with Crippen LogP contribution in [0, 0.1) is 0 Å². The fourth-order valence-corrected chi connectivity index (χ4v) is 1.36. The number of hydrogen-bond donors (Lipinski definition) is 2. The molecular formula is C13H15NO5. The van der Waals surface area contributed by atoms with Crippen molar-refractivity contribution in [3.05, 3.63) is 36.1 Å². The molecule has 19 heavy (non-hydrogen) atoms. The summed E-state index contributed by atoms with van der Waals surface area (Å²) in [5.41, 5.74) is 0.0517. The van der Waals surface area contributed by atoms with Gasteiger partial charge in [0.15, 0.2) is 0 Å². The van der Waals surface area contributed by atoms with E-state index < -0.39 is 5.97 Å². The summed E-state index contributed by atoms with van der Waals surface area (Å²) in [6.45, 7) is 6.31. The maximum atomic E-state index is 11.2. The molecule has 1 aromatic rings. The molecule has 0 radical (unpaired) electrons. The van der Waals surface area contributed by atoms with Crippen LogP contribution < -0.4 is 10.1 Å². The number of aromatic carboxylic acids is 1. The molecule has 102 valence electrons. The topological polar surface area (TPSA) is 84.9 Å². The largest absolute Gasteiger partial charge is 0.477 e. The molecule has 0 heterocycles. The first-order chi connectivity index (χ1) is 8.91. The number of benzene rings is 1. The van der Waals surface area contributed by atoms with Crippen molar-refractivity contribution >= 4 is 17.6 Å². The van der Waals surface area contributed by atoms with Crippen LogP contribution in [0.5, 0.6) is 5.75 Å². The highest BCUT2D eigenvalue weighted by molar-refractivity contribution is 6.02. The summed E-state index contributed by atoms with van der Waals surface area (Å²) in [4.78, 5) is 22.3. The van der Waals surface area contributed by atoms with E-state index in [1.54, 1.807) is 13.0 Å². The molecule has 1 rings (SSSR count). The number of amides is 1. The minimum absolute atomic E-state index is 0.111. The van der Waals surface area contributed by atoms with Crippen LogP contribution in [0.1, 0.15) is 24.2 Å². The van der Waals surface area contributed by atoms with E-state index >= 15 is 0 Å². The van der Waals surface area contributed by atoms with Crippen LogP contribution in [0.3, 0.4) is 0 Å². The first kappa shape index (κ1) is 14.6. The van der Waals surface area contributed by atoms with Crippen molar-refractivity contribution in [3.63, 3.8) is 0 Å². The van der Waals surface area contributed by atoms with E-state index in [2.05, 4.69) is 11.9 Å². The number of hydrogen-bond acceptors (Lipinski definition) is 4.